The van der Waals surface area contributed by atoms with Crippen LogP contribution in [0.15, 0.2) is 73.1 Å². The number of methoxy groups -OCH3 is 1. The van der Waals surface area contributed by atoms with Gasteiger partial charge in [0.05, 0.1) is 35.8 Å². The Hall–Kier alpha value is -3.67. The van der Waals surface area contributed by atoms with Crippen molar-refractivity contribution in [3.05, 3.63) is 89.7 Å². The normalized spacial score (nSPS) is 10.2. The van der Waals surface area contributed by atoms with Crippen LogP contribution in [0.2, 0.25) is 0 Å². The summed E-state index contributed by atoms with van der Waals surface area (Å²) in [6, 6.07) is 18.9. The Morgan fingerprint density at radius 3 is 2.55 bits per heavy atom. The fourth-order valence-electron chi connectivity index (χ4n) is 2.91. The number of nitrogens with zero attached hydrogens (tertiary/aromatic N) is 1. The van der Waals surface area contributed by atoms with Crippen LogP contribution in [0, 0.1) is 0 Å². The number of benzene rings is 2. The van der Waals surface area contributed by atoms with Crippen molar-refractivity contribution >= 4 is 23.3 Å². The van der Waals surface area contributed by atoms with Crippen molar-refractivity contribution in [1.82, 2.24) is 10.3 Å². The molecular weight excluding hydrogens is 366 g/mol. The molecule has 2 aromatic carbocycles. The average molecular weight is 389 g/mol. The number of amides is 1. The van der Waals surface area contributed by atoms with Crippen molar-refractivity contribution in [2.75, 3.05) is 19.0 Å². The van der Waals surface area contributed by atoms with Crippen LogP contribution in [0.5, 0.6) is 0 Å². The summed E-state index contributed by atoms with van der Waals surface area (Å²) < 4.78 is 4.80. The molecule has 0 aliphatic carbocycles. The van der Waals surface area contributed by atoms with Gasteiger partial charge in [-0.05, 0) is 36.6 Å². The summed E-state index contributed by atoms with van der Waals surface area (Å²) in [6.07, 6.45) is 4.88. The minimum absolute atomic E-state index is 0.185. The maximum atomic E-state index is 12.4. The third-order valence-electron chi connectivity index (χ3n) is 4.38. The number of pyridine rings is 1. The number of nitrogens with one attached hydrogen (secondary N) is 2. The molecule has 2 N–H and O–H groups in total. The highest BCUT2D eigenvalue weighted by atomic mass is 16.5. The number of carbonyl (C=O) groups excluding carboxylic acids is 2. The lowest BCUT2D eigenvalue weighted by Gasteiger charge is -2.11. The van der Waals surface area contributed by atoms with E-state index in [4.69, 9.17) is 4.74 Å². The predicted octanol–water partition coefficient (Wildman–Crippen LogP) is 3.97. The third kappa shape index (κ3) is 5.65. The van der Waals surface area contributed by atoms with E-state index in [1.165, 1.54) is 18.9 Å². The summed E-state index contributed by atoms with van der Waals surface area (Å²) in [5.41, 5.74) is 3.30. The molecule has 1 heterocycles. The van der Waals surface area contributed by atoms with Crippen LogP contribution in [-0.4, -0.2) is 30.5 Å². The van der Waals surface area contributed by atoms with Gasteiger partial charge in [0, 0.05) is 12.7 Å². The van der Waals surface area contributed by atoms with Crippen molar-refractivity contribution in [2.45, 2.75) is 12.8 Å². The van der Waals surface area contributed by atoms with Gasteiger partial charge in [-0.15, -0.1) is 0 Å². The smallest absolute Gasteiger partial charge is 0.339 e. The molecule has 0 saturated heterocycles. The lowest BCUT2D eigenvalue weighted by molar-refractivity contribution is 0.0601. The molecule has 0 fully saturated rings. The first-order chi connectivity index (χ1) is 14.2. The molecule has 0 unspecified atom stereocenters. The first kappa shape index (κ1) is 20.1. The molecule has 0 spiro atoms. The van der Waals surface area contributed by atoms with Crippen molar-refractivity contribution in [1.29, 1.82) is 0 Å². The quantitative estimate of drug-likeness (QED) is 0.450. The van der Waals surface area contributed by atoms with E-state index >= 15 is 0 Å². The van der Waals surface area contributed by atoms with Crippen LogP contribution < -0.4 is 10.6 Å². The molecule has 1 amide bonds. The number of aryl methyl sites for hydroxylation is 1. The first-order valence-corrected chi connectivity index (χ1v) is 9.39. The summed E-state index contributed by atoms with van der Waals surface area (Å²) in [7, 11) is 1.34. The van der Waals surface area contributed by atoms with E-state index < -0.39 is 5.97 Å². The molecule has 0 saturated carbocycles. The number of anilines is 2. The Kier molecular flexibility index (Phi) is 6.95. The molecular formula is C23H23N3O3. The van der Waals surface area contributed by atoms with Crippen molar-refractivity contribution < 1.29 is 14.3 Å². The highest BCUT2D eigenvalue weighted by Gasteiger charge is 2.12. The van der Waals surface area contributed by atoms with E-state index in [1.807, 2.05) is 24.3 Å². The second-order valence-corrected chi connectivity index (χ2v) is 6.47. The van der Waals surface area contributed by atoms with Crippen LogP contribution in [0.4, 0.5) is 11.4 Å². The van der Waals surface area contributed by atoms with Gasteiger partial charge in [-0.2, -0.15) is 0 Å². The van der Waals surface area contributed by atoms with Crippen molar-refractivity contribution in [3.8, 4) is 0 Å². The van der Waals surface area contributed by atoms with Crippen LogP contribution in [-0.2, 0) is 11.2 Å². The molecule has 0 aliphatic heterocycles. The third-order valence-corrected chi connectivity index (χ3v) is 4.38. The molecule has 0 aliphatic rings. The first-order valence-electron chi connectivity index (χ1n) is 9.39. The highest BCUT2D eigenvalue weighted by molar-refractivity contribution is 5.97. The van der Waals surface area contributed by atoms with E-state index in [2.05, 4.69) is 27.8 Å². The van der Waals surface area contributed by atoms with Gasteiger partial charge in [0.1, 0.15) is 0 Å². The van der Waals surface area contributed by atoms with E-state index in [0.29, 0.717) is 29.0 Å². The number of esters is 1. The molecule has 3 aromatic rings. The Bertz CT molecular complexity index is 974. The zero-order chi connectivity index (χ0) is 20.5. The molecule has 6 heteroatoms. The van der Waals surface area contributed by atoms with Crippen molar-refractivity contribution in [2.24, 2.45) is 0 Å². The largest absolute Gasteiger partial charge is 0.465 e. The Balaban J connectivity index is 1.59. The highest BCUT2D eigenvalue weighted by Crippen LogP contribution is 2.21. The lowest BCUT2D eigenvalue weighted by Crippen LogP contribution is -2.25. The average Bonchev–Trinajstić information content (AvgIpc) is 2.77. The zero-order valence-corrected chi connectivity index (χ0v) is 16.2. The molecule has 0 bridgehead atoms. The summed E-state index contributed by atoms with van der Waals surface area (Å²) in [6.45, 7) is 0.580. The fourth-order valence-corrected chi connectivity index (χ4v) is 2.91. The number of rotatable bonds is 8. The summed E-state index contributed by atoms with van der Waals surface area (Å²) in [5.74, 6) is -0.621. The van der Waals surface area contributed by atoms with Gasteiger partial charge in [-0.1, -0.05) is 42.5 Å². The van der Waals surface area contributed by atoms with Gasteiger partial charge < -0.3 is 15.4 Å². The fraction of sp³-hybridized carbons (Fsp3) is 0.174. The van der Waals surface area contributed by atoms with Gasteiger partial charge in [0.2, 0.25) is 0 Å². The molecule has 3 rings (SSSR count). The Morgan fingerprint density at radius 1 is 1.00 bits per heavy atom. The Morgan fingerprint density at radius 2 is 1.76 bits per heavy atom. The van der Waals surface area contributed by atoms with Gasteiger partial charge in [0.25, 0.3) is 5.91 Å². The van der Waals surface area contributed by atoms with Gasteiger partial charge in [0.15, 0.2) is 0 Å². The maximum Gasteiger partial charge on any atom is 0.339 e. The molecule has 0 atom stereocenters. The molecule has 1 aromatic heterocycles. The van der Waals surface area contributed by atoms with Gasteiger partial charge in [-0.25, -0.2) is 4.79 Å². The second kappa shape index (κ2) is 10.0. The van der Waals surface area contributed by atoms with Crippen LogP contribution in [0.1, 0.15) is 32.7 Å². The minimum Gasteiger partial charge on any atom is -0.465 e. The number of carbonyl (C=O) groups is 2. The molecule has 0 radical (unpaired) electrons. The van der Waals surface area contributed by atoms with E-state index in [9.17, 15) is 9.59 Å². The van der Waals surface area contributed by atoms with Crippen LogP contribution in [0.25, 0.3) is 0 Å². The van der Waals surface area contributed by atoms with E-state index in [0.717, 1.165) is 12.8 Å². The predicted molar refractivity (Wildman–Crippen MR) is 112 cm³/mol. The number of aromatic nitrogens is 1. The van der Waals surface area contributed by atoms with Gasteiger partial charge in [-0.3, -0.25) is 9.78 Å². The van der Waals surface area contributed by atoms with Crippen LogP contribution in [0.3, 0.4) is 0 Å². The molecule has 29 heavy (non-hydrogen) atoms. The standard InChI is InChI=1S/C23H23N3O3/c1-29-23(28)20-11-5-6-12-21(20)26-19-14-18(15-24-16-19)22(27)25-13-7-10-17-8-3-2-4-9-17/h2-6,8-9,11-12,14-16,26H,7,10,13H2,1H3,(H,25,27). The second-order valence-electron chi connectivity index (χ2n) is 6.47. The topological polar surface area (TPSA) is 80.3 Å². The summed E-state index contributed by atoms with van der Waals surface area (Å²) in [4.78, 5) is 28.5. The van der Waals surface area contributed by atoms with Crippen LogP contribution >= 0.6 is 0 Å². The Labute approximate surface area is 169 Å². The number of hydrogen-bond acceptors (Lipinski definition) is 5. The van der Waals surface area contributed by atoms with Gasteiger partial charge >= 0.3 is 5.97 Å². The zero-order valence-electron chi connectivity index (χ0n) is 16.2. The van der Waals surface area contributed by atoms with E-state index in [-0.39, 0.29) is 5.91 Å². The molecule has 148 valence electrons. The lowest BCUT2D eigenvalue weighted by atomic mass is 10.1. The molecule has 6 nitrogen and oxygen atoms in total. The number of para-hydroxylation sites is 1. The summed E-state index contributed by atoms with van der Waals surface area (Å²) >= 11 is 0. The minimum atomic E-state index is -0.437. The monoisotopic (exact) mass is 389 g/mol. The number of hydrogen-bond donors (Lipinski definition) is 2. The number of ether oxygens (including phenoxy) is 1. The summed E-state index contributed by atoms with van der Waals surface area (Å²) in [5, 5.41) is 6.05. The SMILES string of the molecule is COC(=O)c1ccccc1Nc1cncc(C(=O)NCCCc2ccccc2)c1. The van der Waals surface area contributed by atoms with E-state index in [1.54, 1.807) is 30.5 Å². The maximum absolute atomic E-state index is 12.4. The van der Waals surface area contributed by atoms with Crippen molar-refractivity contribution in [3.63, 3.8) is 0 Å².